The van der Waals surface area contributed by atoms with Crippen LogP contribution in [0.5, 0.6) is 0 Å². The second-order valence-electron chi connectivity index (χ2n) is 2.86. The third kappa shape index (κ3) is 2.90. The van der Waals surface area contributed by atoms with E-state index in [0.29, 0.717) is 11.5 Å². The average Bonchev–Trinajstić information content (AvgIpc) is 2.65. The molecular formula is C8H13ClN6. The molecule has 1 aromatic heterocycles. The van der Waals surface area contributed by atoms with Gasteiger partial charge in [0.15, 0.2) is 0 Å². The van der Waals surface area contributed by atoms with Crippen LogP contribution in [0.2, 0.25) is 0 Å². The summed E-state index contributed by atoms with van der Waals surface area (Å²) in [6, 6.07) is 1.75. The fourth-order valence-electron chi connectivity index (χ4n) is 0.967. The van der Waals surface area contributed by atoms with Gasteiger partial charge in [-0.1, -0.05) is 11.6 Å². The molecule has 1 rings (SSSR count). The molecular weight excluding hydrogens is 216 g/mol. The molecule has 0 aromatic carbocycles. The molecule has 0 saturated carbocycles. The van der Waals surface area contributed by atoms with E-state index < -0.39 is 0 Å². The number of allylic oxidation sites excluding steroid dienone is 1. The maximum absolute atomic E-state index is 5.75. The maximum atomic E-state index is 5.75. The Kier molecular flexibility index (Phi) is 3.59. The second kappa shape index (κ2) is 4.72. The van der Waals surface area contributed by atoms with Crippen molar-refractivity contribution in [3.63, 3.8) is 0 Å². The summed E-state index contributed by atoms with van der Waals surface area (Å²) in [5, 5.41) is 5.29. The fraction of sp³-hybridized carbons (Fsp3) is 0.125. The van der Waals surface area contributed by atoms with E-state index in [1.807, 2.05) is 0 Å². The van der Waals surface area contributed by atoms with Crippen molar-refractivity contribution in [3.05, 3.63) is 35.4 Å². The molecule has 1 heterocycles. The molecule has 0 amide bonds. The molecule has 0 aliphatic carbocycles. The van der Waals surface area contributed by atoms with Crippen molar-refractivity contribution in [2.45, 2.75) is 0 Å². The average molecular weight is 229 g/mol. The van der Waals surface area contributed by atoms with Crippen molar-refractivity contribution in [3.8, 4) is 0 Å². The van der Waals surface area contributed by atoms with Crippen LogP contribution in [0, 0.1) is 0 Å². The van der Waals surface area contributed by atoms with Gasteiger partial charge in [-0.15, -0.1) is 0 Å². The van der Waals surface area contributed by atoms with Crippen LogP contribution in [-0.4, -0.2) is 21.8 Å². The second-order valence-corrected chi connectivity index (χ2v) is 3.27. The van der Waals surface area contributed by atoms with Crippen LogP contribution >= 0.6 is 11.6 Å². The Morgan fingerprint density at radius 2 is 2.20 bits per heavy atom. The molecule has 0 fully saturated rings. The summed E-state index contributed by atoms with van der Waals surface area (Å²) in [4.78, 5) is 0. The summed E-state index contributed by atoms with van der Waals surface area (Å²) in [7, 11) is 1.61. The molecule has 15 heavy (non-hydrogen) atoms. The number of halogens is 1. The molecule has 0 unspecified atom stereocenters. The maximum Gasteiger partial charge on any atom is 0.127 e. The van der Waals surface area contributed by atoms with Crippen LogP contribution in [0.4, 0.5) is 0 Å². The Morgan fingerprint density at radius 1 is 1.53 bits per heavy atom. The van der Waals surface area contributed by atoms with Gasteiger partial charge in [0.05, 0.1) is 5.70 Å². The Hall–Kier alpha value is -1.66. The molecule has 6 nitrogen and oxygen atoms in total. The fourth-order valence-corrected chi connectivity index (χ4v) is 1.15. The van der Waals surface area contributed by atoms with E-state index in [1.165, 1.54) is 15.8 Å². The quantitative estimate of drug-likeness (QED) is 0.288. The topological polar surface area (TPSA) is 99.1 Å². The number of hydrazine groups is 1. The molecule has 7 heteroatoms. The molecule has 0 aliphatic heterocycles. The van der Waals surface area contributed by atoms with Crippen LogP contribution < -0.4 is 17.3 Å². The summed E-state index contributed by atoms with van der Waals surface area (Å²) >= 11 is 5.65. The van der Waals surface area contributed by atoms with Gasteiger partial charge in [0.2, 0.25) is 0 Å². The summed E-state index contributed by atoms with van der Waals surface area (Å²) in [6.45, 7) is 0. The zero-order chi connectivity index (χ0) is 11.4. The molecule has 0 aliphatic rings. The molecule has 0 atom stereocenters. The highest BCUT2D eigenvalue weighted by atomic mass is 35.5. The summed E-state index contributed by atoms with van der Waals surface area (Å²) in [6.07, 6.45) is 4.85. The SMILES string of the molecule is CN(N)C(/C=C(\N)n1cccn1)=C(/N)Cl. The van der Waals surface area contributed by atoms with Gasteiger partial charge in [0.1, 0.15) is 11.0 Å². The van der Waals surface area contributed by atoms with E-state index >= 15 is 0 Å². The Morgan fingerprint density at radius 3 is 2.60 bits per heavy atom. The van der Waals surface area contributed by atoms with Gasteiger partial charge in [-0.25, -0.2) is 10.5 Å². The van der Waals surface area contributed by atoms with E-state index in [4.69, 9.17) is 28.9 Å². The van der Waals surface area contributed by atoms with E-state index in [-0.39, 0.29) is 5.16 Å². The van der Waals surface area contributed by atoms with Crippen molar-refractivity contribution in [2.75, 3.05) is 7.05 Å². The first kappa shape index (κ1) is 11.4. The molecule has 82 valence electrons. The minimum Gasteiger partial charge on any atom is -0.388 e. The lowest BCUT2D eigenvalue weighted by atomic mass is 10.4. The summed E-state index contributed by atoms with van der Waals surface area (Å²) < 4.78 is 1.48. The molecule has 0 radical (unpaired) electrons. The lowest BCUT2D eigenvalue weighted by molar-refractivity contribution is 0.452. The minimum absolute atomic E-state index is 0.0649. The van der Waals surface area contributed by atoms with Gasteiger partial charge in [0.25, 0.3) is 0 Å². The number of nitrogens with two attached hydrogens (primary N) is 3. The number of likely N-dealkylation sites (N-methyl/N-ethyl adjacent to an activating group) is 1. The van der Waals surface area contributed by atoms with E-state index in [2.05, 4.69) is 5.10 Å². The van der Waals surface area contributed by atoms with Gasteiger partial charge in [-0.3, -0.25) is 0 Å². The van der Waals surface area contributed by atoms with Gasteiger partial charge in [0, 0.05) is 25.5 Å². The third-order valence-corrected chi connectivity index (χ3v) is 1.87. The number of hydrogen-bond donors (Lipinski definition) is 3. The highest BCUT2D eigenvalue weighted by molar-refractivity contribution is 6.29. The van der Waals surface area contributed by atoms with Gasteiger partial charge >= 0.3 is 0 Å². The van der Waals surface area contributed by atoms with Crippen molar-refractivity contribution in [1.29, 1.82) is 0 Å². The number of nitrogens with zero attached hydrogens (tertiary/aromatic N) is 3. The first-order valence-electron chi connectivity index (χ1n) is 4.13. The van der Waals surface area contributed by atoms with Gasteiger partial charge in [-0.05, 0) is 6.07 Å². The molecule has 1 aromatic rings. The Bertz CT molecular complexity index is 374. The first-order chi connectivity index (χ1) is 7.02. The molecule has 0 saturated heterocycles. The first-order valence-corrected chi connectivity index (χ1v) is 4.51. The highest BCUT2D eigenvalue weighted by Crippen LogP contribution is 2.09. The minimum atomic E-state index is 0.0649. The monoisotopic (exact) mass is 228 g/mol. The summed E-state index contributed by atoms with van der Waals surface area (Å²) in [5.74, 6) is 5.89. The smallest absolute Gasteiger partial charge is 0.127 e. The standard InChI is InChI=1S/C8H13ClN6/c1-14(12)6(8(9)11)5-7(10)15-4-2-3-13-15/h2-5H,10-12H2,1H3/b7-5+,8-6+. The van der Waals surface area contributed by atoms with Crippen LogP contribution in [0.25, 0.3) is 5.82 Å². The summed E-state index contributed by atoms with van der Waals surface area (Å²) in [5.41, 5.74) is 11.6. The van der Waals surface area contributed by atoms with Crippen molar-refractivity contribution in [1.82, 2.24) is 14.8 Å². The Labute approximate surface area is 92.5 Å². The third-order valence-electron chi connectivity index (χ3n) is 1.68. The van der Waals surface area contributed by atoms with Crippen molar-refractivity contribution in [2.24, 2.45) is 17.3 Å². The van der Waals surface area contributed by atoms with Gasteiger partial charge in [-0.2, -0.15) is 5.10 Å². The highest BCUT2D eigenvalue weighted by Gasteiger charge is 2.04. The zero-order valence-corrected chi connectivity index (χ0v) is 9.02. The normalized spacial score (nSPS) is 13.7. The van der Waals surface area contributed by atoms with E-state index in [0.717, 1.165) is 0 Å². The van der Waals surface area contributed by atoms with Crippen LogP contribution in [0.3, 0.4) is 0 Å². The predicted octanol–water partition coefficient (Wildman–Crippen LogP) is -0.188. The van der Waals surface area contributed by atoms with Crippen molar-refractivity contribution < 1.29 is 0 Å². The number of rotatable bonds is 3. The van der Waals surface area contributed by atoms with Crippen LogP contribution in [0.1, 0.15) is 0 Å². The van der Waals surface area contributed by atoms with Crippen LogP contribution in [0.15, 0.2) is 35.4 Å². The number of aromatic nitrogens is 2. The molecule has 6 N–H and O–H groups in total. The van der Waals surface area contributed by atoms with E-state index in [1.54, 1.807) is 25.5 Å². The molecule has 0 bridgehead atoms. The molecule has 0 spiro atoms. The van der Waals surface area contributed by atoms with Gasteiger partial charge < -0.3 is 16.5 Å². The predicted molar refractivity (Wildman–Crippen MR) is 59.7 cm³/mol. The zero-order valence-electron chi connectivity index (χ0n) is 8.26. The van der Waals surface area contributed by atoms with Crippen molar-refractivity contribution >= 4 is 17.4 Å². The van der Waals surface area contributed by atoms with E-state index in [9.17, 15) is 0 Å². The lowest BCUT2D eigenvalue weighted by Gasteiger charge is -2.14. The number of hydrogen-bond acceptors (Lipinski definition) is 5. The van der Waals surface area contributed by atoms with Crippen LogP contribution in [-0.2, 0) is 0 Å². The Balaban J connectivity index is 3.01. The largest absolute Gasteiger partial charge is 0.388 e. The lowest BCUT2D eigenvalue weighted by Crippen LogP contribution is -2.27.